The third-order valence-corrected chi connectivity index (χ3v) is 4.39. The molecule has 0 saturated carbocycles. The highest BCUT2D eigenvalue weighted by Crippen LogP contribution is 2.27. The molecule has 0 aliphatic rings. The molecule has 0 fully saturated rings. The van der Waals surface area contributed by atoms with Crippen LogP contribution in [0.15, 0.2) is 60.7 Å². The second-order valence-electron chi connectivity index (χ2n) is 6.24. The second kappa shape index (κ2) is 7.19. The van der Waals surface area contributed by atoms with Crippen LogP contribution in [0.4, 0.5) is 0 Å². The molecule has 2 heteroatoms. The van der Waals surface area contributed by atoms with Gasteiger partial charge in [-0.15, -0.1) is 0 Å². The molecule has 2 nitrogen and oxygen atoms in total. The van der Waals surface area contributed by atoms with Crippen LogP contribution >= 0.6 is 0 Å². The molecule has 3 aromatic rings. The maximum Gasteiger partial charge on any atom is 0.119 e. The van der Waals surface area contributed by atoms with Crippen LogP contribution in [-0.4, -0.2) is 6.61 Å². The summed E-state index contributed by atoms with van der Waals surface area (Å²) in [6.07, 6.45) is 1.13. The van der Waals surface area contributed by atoms with E-state index in [9.17, 15) is 0 Å². The summed E-state index contributed by atoms with van der Waals surface area (Å²) in [6, 6.07) is 22.5. The summed E-state index contributed by atoms with van der Waals surface area (Å²) in [4.78, 5) is 0. The Morgan fingerprint density at radius 3 is 2.29 bits per heavy atom. The van der Waals surface area contributed by atoms with Crippen LogP contribution < -0.4 is 4.74 Å². The van der Waals surface area contributed by atoms with Gasteiger partial charge < -0.3 is 4.74 Å². The van der Waals surface area contributed by atoms with Gasteiger partial charge in [0.15, 0.2) is 0 Å². The minimum absolute atomic E-state index is 0.569. The summed E-state index contributed by atoms with van der Waals surface area (Å²) in [6.45, 7) is 5.13. The first-order valence-electron chi connectivity index (χ1n) is 8.36. The van der Waals surface area contributed by atoms with Crippen molar-refractivity contribution in [2.45, 2.75) is 20.3 Å². The van der Waals surface area contributed by atoms with E-state index < -0.39 is 0 Å². The first-order chi connectivity index (χ1) is 11.7. The fourth-order valence-electron chi connectivity index (χ4n) is 2.59. The van der Waals surface area contributed by atoms with E-state index in [0.29, 0.717) is 11.5 Å². The first-order valence-corrected chi connectivity index (χ1v) is 8.36. The Hall–Kier alpha value is -2.79. The van der Waals surface area contributed by atoms with Crippen LogP contribution in [0.5, 0.6) is 5.75 Å². The largest absolute Gasteiger partial charge is 0.493 e. The Morgan fingerprint density at radius 1 is 0.917 bits per heavy atom. The van der Waals surface area contributed by atoms with Gasteiger partial charge in [-0.05, 0) is 58.1 Å². The maximum atomic E-state index is 8.90. The fourth-order valence-corrected chi connectivity index (χ4v) is 2.59. The van der Waals surface area contributed by atoms with E-state index in [1.807, 2.05) is 30.3 Å². The van der Waals surface area contributed by atoms with Crippen LogP contribution in [0, 0.1) is 17.2 Å². The van der Waals surface area contributed by atoms with Crippen molar-refractivity contribution in [3.63, 3.8) is 0 Å². The summed E-state index contributed by atoms with van der Waals surface area (Å²) in [5, 5.41) is 11.3. The summed E-state index contributed by atoms with van der Waals surface area (Å²) < 4.78 is 5.88. The first kappa shape index (κ1) is 16.1. The van der Waals surface area contributed by atoms with E-state index in [-0.39, 0.29) is 0 Å². The summed E-state index contributed by atoms with van der Waals surface area (Å²) >= 11 is 0. The number of rotatable bonds is 5. The van der Waals surface area contributed by atoms with Gasteiger partial charge in [0, 0.05) is 0 Å². The van der Waals surface area contributed by atoms with Gasteiger partial charge in [-0.1, -0.05) is 50.6 Å². The molecule has 0 heterocycles. The predicted octanol–water partition coefficient (Wildman–Crippen LogP) is 5.80. The van der Waals surface area contributed by atoms with Crippen LogP contribution in [0.25, 0.3) is 21.9 Å². The Balaban J connectivity index is 1.85. The number of ether oxygens (including phenoxy) is 1. The maximum absolute atomic E-state index is 8.90. The molecule has 0 saturated heterocycles. The molecule has 24 heavy (non-hydrogen) atoms. The second-order valence-corrected chi connectivity index (χ2v) is 6.24. The van der Waals surface area contributed by atoms with E-state index >= 15 is 0 Å². The molecule has 3 aromatic carbocycles. The lowest BCUT2D eigenvalue weighted by Gasteiger charge is -2.12. The molecule has 0 aromatic heterocycles. The van der Waals surface area contributed by atoms with Gasteiger partial charge in [-0.25, -0.2) is 0 Å². The molecular weight excluding hydrogens is 294 g/mol. The van der Waals surface area contributed by atoms with Crippen molar-refractivity contribution in [3.8, 4) is 22.9 Å². The van der Waals surface area contributed by atoms with E-state index in [4.69, 9.17) is 10.00 Å². The summed E-state index contributed by atoms with van der Waals surface area (Å²) in [7, 11) is 0. The van der Waals surface area contributed by atoms with Crippen LogP contribution in [0.2, 0.25) is 0 Å². The number of hydrogen-bond donors (Lipinski definition) is 0. The molecule has 1 unspecified atom stereocenters. The SMILES string of the molecule is CCC(C)COc1ccc2cc(-c3ccc(C#N)cc3)ccc2c1. The third-order valence-electron chi connectivity index (χ3n) is 4.39. The van der Waals surface area contributed by atoms with E-state index in [1.54, 1.807) is 0 Å². The van der Waals surface area contributed by atoms with E-state index in [1.165, 1.54) is 10.8 Å². The lowest BCUT2D eigenvalue weighted by atomic mass is 10.0. The van der Waals surface area contributed by atoms with E-state index in [2.05, 4.69) is 50.2 Å². The zero-order chi connectivity index (χ0) is 16.9. The van der Waals surface area contributed by atoms with Gasteiger partial charge >= 0.3 is 0 Å². The highest BCUT2D eigenvalue weighted by Gasteiger charge is 2.04. The smallest absolute Gasteiger partial charge is 0.119 e. The minimum atomic E-state index is 0.569. The molecule has 0 spiro atoms. The average Bonchev–Trinajstić information content (AvgIpc) is 2.65. The quantitative estimate of drug-likeness (QED) is 0.596. The Kier molecular flexibility index (Phi) is 4.82. The standard InChI is InChI=1S/C22H21NO/c1-3-16(2)15-24-22-11-10-20-12-19(8-9-21(20)13-22)18-6-4-17(14-23)5-7-18/h4-13,16H,3,15H2,1-2H3. The number of benzene rings is 3. The van der Waals surface area contributed by atoms with Gasteiger partial charge in [0.25, 0.3) is 0 Å². The zero-order valence-electron chi connectivity index (χ0n) is 14.1. The molecule has 0 bridgehead atoms. The van der Waals surface area contributed by atoms with Gasteiger partial charge in [0.1, 0.15) is 5.75 Å². The van der Waals surface area contributed by atoms with Crippen molar-refractivity contribution in [2.24, 2.45) is 5.92 Å². The van der Waals surface area contributed by atoms with Crippen molar-refractivity contribution in [1.82, 2.24) is 0 Å². The molecule has 0 N–H and O–H groups in total. The lowest BCUT2D eigenvalue weighted by molar-refractivity contribution is 0.257. The van der Waals surface area contributed by atoms with Gasteiger partial charge in [0.2, 0.25) is 0 Å². The fraction of sp³-hybridized carbons (Fsp3) is 0.227. The number of fused-ring (bicyclic) bond motifs is 1. The summed E-state index contributed by atoms with van der Waals surface area (Å²) in [5.41, 5.74) is 2.95. The summed E-state index contributed by atoms with van der Waals surface area (Å²) in [5.74, 6) is 1.49. The Morgan fingerprint density at radius 2 is 1.58 bits per heavy atom. The lowest BCUT2D eigenvalue weighted by Crippen LogP contribution is -2.06. The van der Waals surface area contributed by atoms with Gasteiger partial charge in [0.05, 0.1) is 18.2 Å². The zero-order valence-corrected chi connectivity index (χ0v) is 14.1. The molecule has 0 radical (unpaired) electrons. The van der Waals surface area contributed by atoms with Gasteiger partial charge in [-0.2, -0.15) is 5.26 Å². The Bertz CT molecular complexity index is 875. The van der Waals surface area contributed by atoms with Gasteiger partial charge in [-0.3, -0.25) is 0 Å². The molecule has 120 valence electrons. The predicted molar refractivity (Wildman–Crippen MR) is 99.0 cm³/mol. The van der Waals surface area contributed by atoms with Crippen molar-refractivity contribution in [3.05, 3.63) is 66.2 Å². The molecule has 0 aliphatic carbocycles. The van der Waals surface area contributed by atoms with Crippen molar-refractivity contribution < 1.29 is 4.74 Å². The number of nitriles is 1. The highest BCUT2D eigenvalue weighted by molar-refractivity contribution is 5.88. The minimum Gasteiger partial charge on any atom is -0.493 e. The van der Waals surface area contributed by atoms with Crippen molar-refractivity contribution in [2.75, 3.05) is 6.61 Å². The number of nitrogens with zero attached hydrogens (tertiary/aromatic N) is 1. The molecule has 3 rings (SSSR count). The normalized spacial score (nSPS) is 11.9. The van der Waals surface area contributed by atoms with Crippen molar-refractivity contribution >= 4 is 10.8 Å². The molecule has 0 amide bonds. The van der Waals surface area contributed by atoms with Crippen molar-refractivity contribution in [1.29, 1.82) is 5.26 Å². The monoisotopic (exact) mass is 315 g/mol. The number of hydrogen-bond acceptors (Lipinski definition) is 2. The third kappa shape index (κ3) is 3.58. The van der Waals surface area contributed by atoms with Crippen LogP contribution in [0.1, 0.15) is 25.8 Å². The molecule has 1 atom stereocenters. The topological polar surface area (TPSA) is 33.0 Å². The molecular formula is C22H21NO. The van der Waals surface area contributed by atoms with Crippen LogP contribution in [0.3, 0.4) is 0 Å². The molecule has 0 aliphatic heterocycles. The average molecular weight is 315 g/mol. The van der Waals surface area contributed by atoms with E-state index in [0.717, 1.165) is 29.9 Å². The van der Waals surface area contributed by atoms with Crippen LogP contribution in [-0.2, 0) is 0 Å². The Labute approximate surface area is 143 Å². The highest BCUT2D eigenvalue weighted by atomic mass is 16.5.